The van der Waals surface area contributed by atoms with Crippen LogP contribution in [0.4, 0.5) is 17.3 Å². The minimum atomic E-state index is -0.505. The minimum absolute atomic E-state index is 0.107. The largest absolute Gasteiger partial charge is 0.464 e. The van der Waals surface area contributed by atoms with Gasteiger partial charge in [0.2, 0.25) is 0 Å². The normalized spacial score (nSPS) is 18.0. The summed E-state index contributed by atoms with van der Waals surface area (Å²) < 4.78 is 5.05. The van der Waals surface area contributed by atoms with Gasteiger partial charge in [0.05, 0.1) is 18.5 Å². The van der Waals surface area contributed by atoms with Gasteiger partial charge in [-0.2, -0.15) is 5.10 Å². The third-order valence-electron chi connectivity index (χ3n) is 6.71. The molecule has 0 unspecified atom stereocenters. The third-order valence-corrected chi connectivity index (χ3v) is 6.71. The zero-order valence-electron chi connectivity index (χ0n) is 18.5. The Kier molecular flexibility index (Phi) is 5.16. The Hall–Kier alpha value is -3.27. The molecule has 0 saturated carbocycles. The van der Waals surface area contributed by atoms with E-state index in [0.29, 0.717) is 29.3 Å². The molecule has 3 aromatic rings. The molecule has 0 atom stereocenters. The van der Waals surface area contributed by atoms with Crippen molar-refractivity contribution in [3.05, 3.63) is 29.7 Å². The van der Waals surface area contributed by atoms with Crippen LogP contribution in [0.1, 0.15) is 42.4 Å². The van der Waals surface area contributed by atoms with E-state index in [9.17, 15) is 4.79 Å². The molecule has 2 aliphatic rings. The molecule has 2 aliphatic heterocycles. The average molecular weight is 437 g/mol. The number of pyridine rings is 1. The Morgan fingerprint density at radius 1 is 1.25 bits per heavy atom. The first kappa shape index (κ1) is 20.6. The molecular formula is C22H28N8O2. The molecule has 0 radical (unpaired) electrons. The van der Waals surface area contributed by atoms with Gasteiger partial charge in [0, 0.05) is 25.8 Å². The standard InChI is InChI=1S/C22H28N8O2/c1-22(13-23)7-11-29(12-8-22)19-17(21(31)32-2)25-16-18(26-19)27-28-20(16)30-10-4-5-14-15(30)6-3-9-24-14/h3,6,9H,4-5,7-8,10-13,23H2,1-2H3,(H,26,27,28). The number of anilines is 3. The van der Waals surface area contributed by atoms with Crippen LogP contribution in [-0.2, 0) is 11.2 Å². The number of esters is 1. The van der Waals surface area contributed by atoms with E-state index in [1.807, 2.05) is 12.1 Å². The van der Waals surface area contributed by atoms with Crippen molar-refractivity contribution in [3.8, 4) is 0 Å². The van der Waals surface area contributed by atoms with E-state index < -0.39 is 5.97 Å². The fraction of sp³-hybridized carbons (Fsp3) is 0.500. The molecule has 5 heterocycles. The summed E-state index contributed by atoms with van der Waals surface area (Å²) in [4.78, 5) is 30.9. The number of nitrogens with zero attached hydrogens (tertiary/aromatic N) is 6. The Bertz CT molecular complexity index is 1150. The van der Waals surface area contributed by atoms with Gasteiger partial charge in [-0.15, -0.1) is 0 Å². The molecule has 168 valence electrons. The number of carbonyl (C=O) groups excluding carboxylic acids is 1. The highest BCUT2D eigenvalue weighted by Crippen LogP contribution is 2.36. The van der Waals surface area contributed by atoms with Crippen molar-refractivity contribution in [2.45, 2.75) is 32.6 Å². The number of aromatic amines is 1. The Morgan fingerprint density at radius 3 is 2.81 bits per heavy atom. The number of nitrogens with one attached hydrogen (secondary N) is 1. The first-order valence-electron chi connectivity index (χ1n) is 11.0. The number of aromatic nitrogens is 5. The number of ether oxygens (including phenoxy) is 1. The molecule has 0 bridgehead atoms. The van der Waals surface area contributed by atoms with Gasteiger partial charge < -0.3 is 20.3 Å². The van der Waals surface area contributed by atoms with Gasteiger partial charge >= 0.3 is 5.97 Å². The topological polar surface area (TPSA) is 126 Å². The number of aryl methyl sites for hydroxylation is 1. The van der Waals surface area contributed by atoms with Gasteiger partial charge in [0.1, 0.15) is 0 Å². The second-order valence-electron chi connectivity index (χ2n) is 8.86. The van der Waals surface area contributed by atoms with E-state index in [-0.39, 0.29) is 11.1 Å². The Morgan fingerprint density at radius 2 is 2.06 bits per heavy atom. The van der Waals surface area contributed by atoms with E-state index in [2.05, 4.69) is 31.9 Å². The summed E-state index contributed by atoms with van der Waals surface area (Å²) in [6.07, 6.45) is 5.54. The second kappa shape index (κ2) is 8.01. The van der Waals surface area contributed by atoms with Crippen molar-refractivity contribution < 1.29 is 9.53 Å². The molecule has 32 heavy (non-hydrogen) atoms. The molecule has 0 aromatic carbocycles. The van der Waals surface area contributed by atoms with Crippen molar-refractivity contribution in [2.75, 3.05) is 43.1 Å². The van der Waals surface area contributed by atoms with Crippen LogP contribution in [0.15, 0.2) is 18.3 Å². The summed E-state index contributed by atoms with van der Waals surface area (Å²) in [5.74, 6) is 0.668. The van der Waals surface area contributed by atoms with Gasteiger partial charge in [0.15, 0.2) is 28.5 Å². The van der Waals surface area contributed by atoms with E-state index in [1.165, 1.54) is 7.11 Å². The van der Waals surface area contributed by atoms with E-state index in [1.54, 1.807) is 6.20 Å². The number of fused-ring (bicyclic) bond motifs is 2. The summed E-state index contributed by atoms with van der Waals surface area (Å²) in [5, 5.41) is 7.55. The predicted molar refractivity (Wildman–Crippen MR) is 121 cm³/mol. The molecule has 0 amide bonds. The van der Waals surface area contributed by atoms with E-state index in [4.69, 9.17) is 20.4 Å². The maximum absolute atomic E-state index is 12.7. The molecule has 3 aromatic heterocycles. The maximum Gasteiger partial charge on any atom is 0.360 e. The zero-order valence-corrected chi connectivity index (χ0v) is 18.5. The van der Waals surface area contributed by atoms with E-state index >= 15 is 0 Å². The fourth-order valence-corrected chi connectivity index (χ4v) is 4.54. The highest BCUT2D eigenvalue weighted by Gasteiger charge is 2.33. The van der Waals surface area contributed by atoms with Gasteiger partial charge in [-0.3, -0.25) is 10.1 Å². The second-order valence-corrected chi connectivity index (χ2v) is 8.86. The molecule has 0 spiro atoms. The molecule has 10 nitrogen and oxygen atoms in total. The number of hydrogen-bond acceptors (Lipinski definition) is 9. The number of piperidine rings is 1. The summed E-state index contributed by atoms with van der Waals surface area (Å²) in [5.41, 5.74) is 9.42. The third kappa shape index (κ3) is 3.44. The Labute approximate surface area is 186 Å². The van der Waals surface area contributed by atoms with Crippen LogP contribution in [-0.4, -0.2) is 64.4 Å². The number of rotatable bonds is 4. The van der Waals surface area contributed by atoms with Crippen LogP contribution in [0.3, 0.4) is 0 Å². The van der Waals surface area contributed by atoms with Gasteiger partial charge in [0.25, 0.3) is 0 Å². The number of methoxy groups -OCH3 is 1. The summed E-state index contributed by atoms with van der Waals surface area (Å²) in [7, 11) is 1.36. The van der Waals surface area contributed by atoms with Crippen LogP contribution in [0.25, 0.3) is 11.2 Å². The van der Waals surface area contributed by atoms with Crippen molar-refractivity contribution >= 4 is 34.5 Å². The monoisotopic (exact) mass is 436 g/mol. The molecule has 1 saturated heterocycles. The molecule has 1 fully saturated rings. The quantitative estimate of drug-likeness (QED) is 0.592. The number of hydrogen-bond donors (Lipinski definition) is 2. The maximum atomic E-state index is 12.7. The van der Waals surface area contributed by atoms with Crippen LogP contribution in [0.2, 0.25) is 0 Å². The minimum Gasteiger partial charge on any atom is -0.464 e. The summed E-state index contributed by atoms with van der Waals surface area (Å²) in [6, 6.07) is 3.95. The number of nitrogens with two attached hydrogens (primary N) is 1. The van der Waals surface area contributed by atoms with Crippen molar-refractivity contribution in [3.63, 3.8) is 0 Å². The summed E-state index contributed by atoms with van der Waals surface area (Å²) in [6.45, 7) is 5.14. The predicted octanol–water partition coefficient (Wildman–Crippen LogP) is 2.18. The Balaban J connectivity index is 1.57. The van der Waals surface area contributed by atoms with Gasteiger partial charge in [-0.05, 0) is 49.8 Å². The average Bonchev–Trinajstić information content (AvgIpc) is 3.25. The SMILES string of the molecule is COC(=O)c1nc2c(N3CCCc4ncccc43)n[nH]c2nc1N1CCC(C)(CN)CC1. The molecule has 0 aliphatic carbocycles. The lowest BCUT2D eigenvalue weighted by molar-refractivity contribution is 0.0594. The molecule has 5 rings (SSSR count). The van der Waals surface area contributed by atoms with Gasteiger partial charge in [-0.1, -0.05) is 6.92 Å². The fourth-order valence-electron chi connectivity index (χ4n) is 4.54. The number of H-pyrrole nitrogens is 1. The lowest BCUT2D eigenvalue weighted by atomic mass is 9.80. The lowest BCUT2D eigenvalue weighted by Gasteiger charge is -2.39. The lowest BCUT2D eigenvalue weighted by Crippen LogP contribution is -2.43. The van der Waals surface area contributed by atoms with Crippen LogP contribution < -0.4 is 15.5 Å². The molecule has 3 N–H and O–H groups in total. The first-order chi connectivity index (χ1) is 15.5. The van der Waals surface area contributed by atoms with Crippen molar-refractivity contribution in [1.82, 2.24) is 25.1 Å². The van der Waals surface area contributed by atoms with Gasteiger partial charge in [-0.25, -0.2) is 14.8 Å². The van der Waals surface area contributed by atoms with E-state index in [0.717, 1.165) is 56.7 Å². The first-order valence-corrected chi connectivity index (χ1v) is 11.0. The summed E-state index contributed by atoms with van der Waals surface area (Å²) >= 11 is 0. The highest BCUT2D eigenvalue weighted by molar-refractivity contribution is 5.97. The van der Waals surface area contributed by atoms with Crippen molar-refractivity contribution in [2.24, 2.45) is 11.1 Å². The molecule has 10 heteroatoms. The smallest absolute Gasteiger partial charge is 0.360 e. The van der Waals surface area contributed by atoms with Crippen LogP contribution in [0.5, 0.6) is 0 Å². The van der Waals surface area contributed by atoms with Crippen LogP contribution in [0, 0.1) is 5.41 Å². The highest BCUT2D eigenvalue weighted by atomic mass is 16.5. The zero-order chi connectivity index (χ0) is 22.3. The van der Waals surface area contributed by atoms with Crippen molar-refractivity contribution in [1.29, 1.82) is 0 Å². The van der Waals surface area contributed by atoms with Crippen LogP contribution >= 0.6 is 0 Å². The number of carbonyl (C=O) groups is 1. The molecular weight excluding hydrogens is 408 g/mol.